The van der Waals surface area contributed by atoms with E-state index in [0.29, 0.717) is 26.2 Å². The highest BCUT2D eigenvalue weighted by Crippen LogP contribution is 2.58. The van der Waals surface area contributed by atoms with Crippen LogP contribution in [0.15, 0.2) is 60.7 Å². The summed E-state index contributed by atoms with van der Waals surface area (Å²) < 4.78 is 45.7. The molecule has 0 radical (unpaired) electrons. The first-order valence-corrected chi connectivity index (χ1v) is 18.0. The Kier molecular flexibility index (Phi) is 11.6. The van der Waals surface area contributed by atoms with Gasteiger partial charge in [-0.15, -0.1) is 0 Å². The summed E-state index contributed by atoms with van der Waals surface area (Å²) in [6.07, 6.45) is 3.56. The van der Waals surface area contributed by atoms with Crippen LogP contribution in [0.5, 0.6) is 0 Å². The largest absolute Gasteiger partial charge is 0.405 e. The molecule has 1 aliphatic rings. The van der Waals surface area contributed by atoms with E-state index < -0.39 is 27.5 Å². The Hall–Kier alpha value is -1.31. The van der Waals surface area contributed by atoms with Crippen LogP contribution in [0.3, 0.4) is 0 Å². The highest BCUT2D eigenvalue weighted by atomic mass is 31.2. The molecule has 2 aromatic carbocycles. The highest BCUT2D eigenvalue weighted by Gasteiger charge is 2.52. The lowest BCUT2D eigenvalue weighted by molar-refractivity contribution is -0.290. The van der Waals surface area contributed by atoms with Crippen LogP contribution >= 0.6 is 7.60 Å². The van der Waals surface area contributed by atoms with Crippen molar-refractivity contribution in [3.63, 3.8) is 0 Å². The van der Waals surface area contributed by atoms with E-state index in [1.54, 1.807) is 0 Å². The van der Waals surface area contributed by atoms with E-state index in [1.807, 2.05) is 26.0 Å². The van der Waals surface area contributed by atoms with Gasteiger partial charge in [-0.25, -0.2) is 0 Å². The molecule has 1 heterocycles. The normalized spacial score (nSPS) is 20.2. The van der Waals surface area contributed by atoms with Crippen LogP contribution in [0.25, 0.3) is 0 Å². The number of ether oxygens (including phenoxy) is 2. The van der Waals surface area contributed by atoms with Crippen LogP contribution in [0, 0.1) is 0 Å². The summed E-state index contributed by atoms with van der Waals surface area (Å²) >= 11 is 0. The van der Waals surface area contributed by atoms with E-state index in [9.17, 15) is 4.57 Å². The summed E-state index contributed by atoms with van der Waals surface area (Å²) in [5.74, 6) is -1.68. The van der Waals surface area contributed by atoms with E-state index in [1.165, 1.54) is 10.4 Å². The van der Waals surface area contributed by atoms with Gasteiger partial charge in [-0.2, -0.15) is 0 Å². The van der Waals surface area contributed by atoms with E-state index in [2.05, 4.69) is 83.1 Å². The Morgan fingerprint density at radius 3 is 1.79 bits per heavy atom. The van der Waals surface area contributed by atoms with Crippen molar-refractivity contribution in [1.82, 2.24) is 0 Å². The average molecular weight is 577 g/mol. The standard InChI is InChI=1S/C31H49O6PSi/c1-8-10-22-33-38(32,34-23-11-9-2)29-24-26(36-31(6,7)37-29)25-35-39(30(3,4)5,27-18-14-12-15-19-27)28-20-16-13-17-21-28/h12-21,26,29H,8-11,22-25H2,1-7H3/t26-,29+/m0/s1. The van der Waals surface area contributed by atoms with Crippen molar-refractivity contribution >= 4 is 26.3 Å². The maximum Gasteiger partial charge on any atom is 0.359 e. The van der Waals surface area contributed by atoms with Crippen LogP contribution in [0.2, 0.25) is 5.04 Å². The summed E-state index contributed by atoms with van der Waals surface area (Å²) in [4.78, 5) is 0. The molecule has 3 rings (SSSR count). The number of rotatable bonds is 14. The molecule has 1 saturated heterocycles. The minimum atomic E-state index is -3.53. The molecular weight excluding hydrogens is 527 g/mol. The summed E-state index contributed by atoms with van der Waals surface area (Å²) in [6, 6.07) is 21.1. The van der Waals surface area contributed by atoms with Crippen molar-refractivity contribution in [2.45, 2.75) is 103 Å². The Balaban J connectivity index is 1.92. The molecule has 2 aromatic rings. The highest BCUT2D eigenvalue weighted by molar-refractivity contribution is 7.54. The Labute approximate surface area is 237 Å². The monoisotopic (exact) mass is 576 g/mol. The van der Waals surface area contributed by atoms with Gasteiger partial charge in [0.05, 0.1) is 25.9 Å². The Morgan fingerprint density at radius 1 is 0.872 bits per heavy atom. The molecule has 0 aliphatic carbocycles. The second-order valence-electron chi connectivity index (χ2n) is 11.8. The van der Waals surface area contributed by atoms with Gasteiger partial charge in [-0.05, 0) is 42.1 Å². The fourth-order valence-electron chi connectivity index (χ4n) is 5.23. The van der Waals surface area contributed by atoms with Crippen molar-refractivity contribution in [2.75, 3.05) is 19.8 Å². The topological polar surface area (TPSA) is 63.2 Å². The molecule has 8 heteroatoms. The summed E-state index contributed by atoms with van der Waals surface area (Å²) in [5, 5.41) is 2.27. The second kappa shape index (κ2) is 14.0. The average Bonchev–Trinajstić information content (AvgIpc) is 2.89. The summed E-state index contributed by atoms with van der Waals surface area (Å²) in [7, 11) is -6.28. The van der Waals surface area contributed by atoms with Gasteiger partial charge >= 0.3 is 7.60 Å². The lowest BCUT2D eigenvalue weighted by Crippen LogP contribution is -2.67. The van der Waals surface area contributed by atoms with E-state index in [-0.39, 0.29) is 11.1 Å². The van der Waals surface area contributed by atoms with E-state index >= 15 is 0 Å². The molecular formula is C31H49O6PSi. The molecule has 0 saturated carbocycles. The van der Waals surface area contributed by atoms with Gasteiger partial charge in [0.15, 0.2) is 11.6 Å². The number of hydrogen-bond donors (Lipinski definition) is 0. The molecule has 1 aliphatic heterocycles. The van der Waals surface area contributed by atoms with Gasteiger partial charge < -0.3 is 22.9 Å². The van der Waals surface area contributed by atoms with Gasteiger partial charge in [-0.3, -0.25) is 4.57 Å². The third-order valence-electron chi connectivity index (χ3n) is 7.13. The van der Waals surface area contributed by atoms with Gasteiger partial charge in [-0.1, -0.05) is 108 Å². The lowest BCUT2D eigenvalue weighted by Gasteiger charge is -2.46. The number of unbranched alkanes of at least 4 members (excludes halogenated alkanes) is 2. The second-order valence-corrected chi connectivity index (χ2v) is 18.3. The lowest BCUT2D eigenvalue weighted by atomic mass is 10.2. The molecule has 2 atom stereocenters. The molecule has 0 unspecified atom stereocenters. The quantitative estimate of drug-likeness (QED) is 0.134. The molecule has 0 N–H and O–H groups in total. The summed E-state index contributed by atoms with van der Waals surface area (Å²) in [6.45, 7) is 15.8. The predicted molar refractivity (Wildman–Crippen MR) is 161 cm³/mol. The molecule has 218 valence electrons. The maximum absolute atomic E-state index is 14.1. The fraction of sp³-hybridized carbons (Fsp3) is 0.613. The van der Waals surface area contributed by atoms with Gasteiger partial charge in [0.25, 0.3) is 8.32 Å². The molecule has 6 nitrogen and oxygen atoms in total. The van der Waals surface area contributed by atoms with E-state index in [0.717, 1.165) is 25.7 Å². The van der Waals surface area contributed by atoms with Crippen LogP contribution in [-0.4, -0.2) is 45.9 Å². The molecule has 0 bridgehead atoms. The first-order chi connectivity index (χ1) is 18.5. The minimum Gasteiger partial charge on any atom is -0.405 e. The third kappa shape index (κ3) is 8.13. The Bertz CT molecular complexity index is 987. The number of benzene rings is 2. The molecule has 0 amide bonds. The zero-order valence-corrected chi connectivity index (χ0v) is 26.9. The van der Waals surface area contributed by atoms with Crippen LogP contribution in [0.4, 0.5) is 0 Å². The number of hydrogen-bond acceptors (Lipinski definition) is 6. The third-order valence-corrected chi connectivity index (χ3v) is 14.2. The van der Waals surface area contributed by atoms with Crippen molar-refractivity contribution in [2.24, 2.45) is 0 Å². The molecule has 39 heavy (non-hydrogen) atoms. The van der Waals surface area contributed by atoms with Crippen LogP contribution in [-0.2, 0) is 27.5 Å². The van der Waals surface area contributed by atoms with Crippen LogP contribution < -0.4 is 10.4 Å². The molecule has 0 aromatic heterocycles. The van der Waals surface area contributed by atoms with Gasteiger partial charge in [0.1, 0.15) is 0 Å². The summed E-state index contributed by atoms with van der Waals surface area (Å²) in [5.41, 5.74) is 0. The zero-order chi connectivity index (χ0) is 28.6. The SMILES string of the molecule is CCCCOP(=O)(OCCCC)[C@@H]1C[C@@H](CO[Si](c2ccccc2)(c2ccccc2)C(C)(C)C)OC(C)(C)O1. The molecule has 0 spiro atoms. The first kappa shape index (κ1) is 32.2. The molecule has 1 fully saturated rings. The Morgan fingerprint density at radius 2 is 1.36 bits per heavy atom. The van der Waals surface area contributed by atoms with Gasteiger partial charge in [0, 0.05) is 6.42 Å². The van der Waals surface area contributed by atoms with E-state index in [4.69, 9.17) is 22.9 Å². The first-order valence-electron chi connectivity index (χ1n) is 14.5. The fourth-order valence-corrected chi connectivity index (χ4v) is 11.9. The van der Waals surface area contributed by atoms with Crippen LogP contribution in [0.1, 0.15) is 80.6 Å². The smallest absolute Gasteiger partial charge is 0.359 e. The predicted octanol–water partition coefficient (Wildman–Crippen LogP) is 7.26. The van der Waals surface area contributed by atoms with Crippen molar-refractivity contribution < 1.29 is 27.5 Å². The van der Waals surface area contributed by atoms with Gasteiger partial charge in [0.2, 0.25) is 0 Å². The van der Waals surface area contributed by atoms with Crippen molar-refractivity contribution in [3.05, 3.63) is 60.7 Å². The maximum atomic E-state index is 14.1. The zero-order valence-electron chi connectivity index (χ0n) is 25.0. The minimum absolute atomic E-state index is 0.155. The van der Waals surface area contributed by atoms with Crippen molar-refractivity contribution in [1.29, 1.82) is 0 Å². The van der Waals surface area contributed by atoms with Crippen molar-refractivity contribution in [3.8, 4) is 0 Å².